The molecule has 35 heavy (non-hydrogen) atoms. The van der Waals surface area contributed by atoms with Crippen LogP contribution in [-0.2, 0) is 11.0 Å². The third kappa shape index (κ3) is 5.52. The Morgan fingerprint density at radius 3 is 2.09 bits per heavy atom. The van der Waals surface area contributed by atoms with Gasteiger partial charge in [0.25, 0.3) is 5.91 Å². The van der Waals surface area contributed by atoms with E-state index < -0.39 is 17.8 Å². The van der Waals surface area contributed by atoms with Crippen molar-refractivity contribution in [1.82, 2.24) is 9.78 Å². The molecule has 4 aromatic rings. The van der Waals surface area contributed by atoms with E-state index in [9.17, 15) is 22.8 Å². The van der Waals surface area contributed by atoms with E-state index >= 15 is 0 Å². The maximum absolute atomic E-state index is 13.4. The minimum absolute atomic E-state index is 0. The van der Waals surface area contributed by atoms with Gasteiger partial charge in [0, 0.05) is 30.9 Å². The molecule has 0 aliphatic heterocycles. The van der Waals surface area contributed by atoms with Crippen LogP contribution in [0.4, 0.5) is 24.5 Å². The standard InChI is InChI=1S/C25H18ClF3N4O2.H2/c1-15(34)30-18-10-12-19(13-11-18)31-24(35)17-8-6-16(7-9-17)22-14-23(25(27,28)29)32-33(22)21-5-3-2-4-20(21)26;/h2-14H,1H3,(H,30,34)(H,31,35);1H. The van der Waals surface area contributed by atoms with E-state index in [-0.39, 0.29) is 18.1 Å². The normalized spacial score (nSPS) is 11.2. The molecule has 0 unspecified atom stereocenters. The predicted molar refractivity (Wildman–Crippen MR) is 130 cm³/mol. The van der Waals surface area contributed by atoms with E-state index in [1.165, 1.54) is 19.1 Å². The van der Waals surface area contributed by atoms with Gasteiger partial charge in [-0.1, -0.05) is 35.9 Å². The van der Waals surface area contributed by atoms with Crippen LogP contribution in [0, 0.1) is 0 Å². The molecule has 3 aromatic carbocycles. The van der Waals surface area contributed by atoms with Crippen LogP contribution in [0.3, 0.4) is 0 Å². The molecular formula is C25H20ClF3N4O2. The van der Waals surface area contributed by atoms with Gasteiger partial charge in [-0.2, -0.15) is 18.3 Å². The monoisotopic (exact) mass is 500 g/mol. The van der Waals surface area contributed by atoms with Gasteiger partial charge in [-0.3, -0.25) is 9.59 Å². The topological polar surface area (TPSA) is 76.0 Å². The molecule has 0 fully saturated rings. The first kappa shape index (κ1) is 24.0. The zero-order valence-electron chi connectivity index (χ0n) is 18.2. The Balaban J connectivity index is 0.00000361. The van der Waals surface area contributed by atoms with Crippen molar-refractivity contribution in [2.75, 3.05) is 10.6 Å². The highest BCUT2D eigenvalue weighted by molar-refractivity contribution is 6.32. The number of hydrogen-bond donors (Lipinski definition) is 2. The number of hydrogen-bond acceptors (Lipinski definition) is 3. The number of para-hydroxylation sites is 1. The molecule has 2 N–H and O–H groups in total. The lowest BCUT2D eigenvalue weighted by atomic mass is 10.1. The third-order valence-electron chi connectivity index (χ3n) is 4.99. The quantitative estimate of drug-likeness (QED) is 0.321. The van der Waals surface area contributed by atoms with Crippen LogP contribution in [0.5, 0.6) is 0 Å². The summed E-state index contributed by atoms with van der Waals surface area (Å²) in [6, 6.07) is 20.0. The molecule has 6 nitrogen and oxygen atoms in total. The summed E-state index contributed by atoms with van der Waals surface area (Å²) >= 11 is 6.20. The number of rotatable bonds is 5. The average molecular weight is 501 g/mol. The fraction of sp³-hybridized carbons (Fsp3) is 0.0800. The summed E-state index contributed by atoms with van der Waals surface area (Å²) in [5.74, 6) is -0.612. The van der Waals surface area contributed by atoms with Crippen molar-refractivity contribution < 1.29 is 24.2 Å². The Kier molecular flexibility index (Phi) is 6.61. The average Bonchev–Trinajstić information content (AvgIpc) is 3.26. The molecule has 0 saturated carbocycles. The van der Waals surface area contributed by atoms with Crippen LogP contribution in [-0.4, -0.2) is 21.6 Å². The van der Waals surface area contributed by atoms with Crippen molar-refractivity contribution in [3.63, 3.8) is 0 Å². The van der Waals surface area contributed by atoms with Crippen molar-refractivity contribution in [2.24, 2.45) is 0 Å². The zero-order valence-corrected chi connectivity index (χ0v) is 19.0. The van der Waals surface area contributed by atoms with Crippen LogP contribution in [0.1, 0.15) is 24.4 Å². The molecule has 0 radical (unpaired) electrons. The zero-order chi connectivity index (χ0) is 25.2. The highest BCUT2D eigenvalue weighted by Gasteiger charge is 2.35. The van der Waals surface area contributed by atoms with Crippen LogP contribution in [0.2, 0.25) is 5.02 Å². The number of aromatic nitrogens is 2. The Morgan fingerprint density at radius 2 is 1.51 bits per heavy atom. The summed E-state index contributed by atoms with van der Waals surface area (Å²) < 4.78 is 41.3. The summed E-state index contributed by atoms with van der Waals surface area (Å²) in [6.45, 7) is 1.39. The summed E-state index contributed by atoms with van der Waals surface area (Å²) in [5, 5.41) is 9.33. The highest BCUT2D eigenvalue weighted by atomic mass is 35.5. The van der Waals surface area contributed by atoms with Gasteiger partial charge in [0.05, 0.1) is 16.4 Å². The maximum atomic E-state index is 13.4. The number of carbonyl (C=O) groups excluding carboxylic acids is 2. The van der Waals surface area contributed by atoms with Gasteiger partial charge in [-0.15, -0.1) is 0 Å². The molecule has 0 aliphatic carbocycles. The molecule has 0 aliphatic rings. The number of carbonyl (C=O) groups is 2. The van der Waals surface area contributed by atoms with E-state index in [0.29, 0.717) is 28.2 Å². The molecule has 2 amide bonds. The largest absolute Gasteiger partial charge is 0.435 e. The molecule has 1 heterocycles. The second-order valence-corrected chi connectivity index (χ2v) is 7.97. The number of halogens is 4. The number of nitrogens with one attached hydrogen (secondary N) is 2. The number of alkyl halides is 3. The van der Waals surface area contributed by atoms with Crippen LogP contribution in [0.25, 0.3) is 16.9 Å². The van der Waals surface area contributed by atoms with Gasteiger partial charge in [0.1, 0.15) is 0 Å². The van der Waals surface area contributed by atoms with Crippen molar-refractivity contribution in [3.05, 3.63) is 95.1 Å². The summed E-state index contributed by atoms with van der Waals surface area (Å²) in [7, 11) is 0. The lowest BCUT2D eigenvalue weighted by Crippen LogP contribution is -2.12. The Hall–Kier alpha value is -4.11. The predicted octanol–water partition coefficient (Wildman–Crippen LogP) is 6.67. The number of benzene rings is 3. The molecule has 0 spiro atoms. The fourth-order valence-electron chi connectivity index (χ4n) is 3.37. The highest BCUT2D eigenvalue weighted by Crippen LogP contribution is 2.34. The molecule has 10 heteroatoms. The van der Waals surface area contributed by atoms with E-state index in [0.717, 1.165) is 10.7 Å². The Bertz CT molecular complexity index is 1390. The van der Waals surface area contributed by atoms with Gasteiger partial charge in [0.2, 0.25) is 5.91 Å². The van der Waals surface area contributed by atoms with Crippen LogP contribution >= 0.6 is 11.6 Å². The van der Waals surface area contributed by atoms with Gasteiger partial charge in [0.15, 0.2) is 5.69 Å². The van der Waals surface area contributed by atoms with Crippen molar-refractivity contribution in [2.45, 2.75) is 13.1 Å². The van der Waals surface area contributed by atoms with Crippen LogP contribution in [0.15, 0.2) is 78.9 Å². The lowest BCUT2D eigenvalue weighted by Gasteiger charge is -2.10. The SMILES string of the molecule is CC(=O)Nc1ccc(NC(=O)c2ccc(-c3cc(C(F)(F)F)nn3-c3ccccc3Cl)cc2)cc1.[HH]. The third-order valence-corrected chi connectivity index (χ3v) is 5.31. The van der Waals surface area contributed by atoms with E-state index in [1.807, 2.05) is 0 Å². The van der Waals surface area contributed by atoms with Gasteiger partial charge < -0.3 is 10.6 Å². The van der Waals surface area contributed by atoms with E-state index in [2.05, 4.69) is 15.7 Å². The molecule has 0 atom stereocenters. The number of nitrogens with zero attached hydrogens (tertiary/aromatic N) is 2. The van der Waals surface area contributed by atoms with E-state index in [4.69, 9.17) is 11.6 Å². The molecule has 0 bridgehead atoms. The second kappa shape index (κ2) is 9.63. The Labute approximate surface area is 204 Å². The van der Waals surface area contributed by atoms with Gasteiger partial charge in [-0.05, 0) is 54.6 Å². The van der Waals surface area contributed by atoms with Gasteiger partial charge >= 0.3 is 6.18 Å². The van der Waals surface area contributed by atoms with Crippen molar-refractivity contribution in [3.8, 4) is 16.9 Å². The number of anilines is 2. The molecular weight excluding hydrogens is 481 g/mol. The van der Waals surface area contributed by atoms with Crippen LogP contribution < -0.4 is 10.6 Å². The lowest BCUT2D eigenvalue weighted by molar-refractivity contribution is -0.141. The number of amides is 2. The first-order chi connectivity index (χ1) is 16.6. The molecule has 0 saturated heterocycles. The van der Waals surface area contributed by atoms with Gasteiger partial charge in [-0.25, -0.2) is 4.68 Å². The maximum Gasteiger partial charge on any atom is 0.435 e. The minimum atomic E-state index is -4.64. The van der Waals surface area contributed by atoms with Crippen molar-refractivity contribution in [1.29, 1.82) is 0 Å². The Morgan fingerprint density at radius 1 is 0.914 bits per heavy atom. The fourth-order valence-corrected chi connectivity index (χ4v) is 3.58. The second-order valence-electron chi connectivity index (χ2n) is 7.57. The molecule has 4 rings (SSSR count). The summed E-state index contributed by atoms with van der Waals surface area (Å²) in [4.78, 5) is 23.7. The van der Waals surface area contributed by atoms with E-state index in [1.54, 1.807) is 60.7 Å². The first-order valence-electron chi connectivity index (χ1n) is 10.3. The van der Waals surface area contributed by atoms with Crippen molar-refractivity contribution >= 4 is 34.8 Å². The smallest absolute Gasteiger partial charge is 0.326 e. The molecule has 180 valence electrons. The minimum Gasteiger partial charge on any atom is -0.326 e. The summed E-state index contributed by atoms with van der Waals surface area (Å²) in [5.41, 5.74) is 1.24. The molecule has 1 aromatic heterocycles. The first-order valence-corrected chi connectivity index (χ1v) is 10.7. The summed E-state index contributed by atoms with van der Waals surface area (Å²) in [6.07, 6.45) is -4.64.